The number of hydrogen-bond donors (Lipinski definition) is 3. The molecule has 7 nitrogen and oxygen atoms in total. The third-order valence-electron chi connectivity index (χ3n) is 6.78. The highest BCUT2D eigenvalue weighted by Crippen LogP contribution is 2.71. The summed E-state index contributed by atoms with van der Waals surface area (Å²) in [6, 6.07) is -0.621. The van der Waals surface area contributed by atoms with Crippen LogP contribution < -0.4 is 10.6 Å². The molecular weight excluding hydrogens is 390 g/mol. The quantitative estimate of drug-likeness (QED) is 0.458. The van der Waals surface area contributed by atoms with Gasteiger partial charge in [-0.05, 0) is 32.6 Å². The van der Waals surface area contributed by atoms with Crippen LogP contribution >= 0.6 is 11.8 Å². The standard InChI is InChI=1S/C21H35N3O4S/c1-4-6-7-11-23-18(27)16-21-9-8-20(3,29-21)14(17(26)22-10-5-2)15(21)19(28)24(16)12-13-25/h14-16,25H,4-13H2,1-3H3,(H,22,26)(H,23,27)/t14-,15+,16?,20+,21?/m1/s1. The van der Waals surface area contributed by atoms with Crippen molar-refractivity contribution in [1.82, 2.24) is 15.5 Å². The molecule has 0 aromatic carbocycles. The smallest absolute Gasteiger partial charge is 0.244 e. The topological polar surface area (TPSA) is 98.7 Å². The monoisotopic (exact) mass is 425 g/mol. The molecular formula is C21H35N3O4S. The number of likely N-dealkylation sites (tertiary alicyclic amines) is 1. The molecule has 164 valence electrons. The van der Waals surface area contributed by atoms with Gasteiger partial charge in [-0.15, -0.1) is 11.8 Å². The molecule has 8 heteroatoms. The van der Waals surface area contributed by atoms with E-state index in [0.29, 0.717) is 13.1 Å². The highest BCUT2D eigenvalue weighted by atomic mass is 32.2. The van der Waals surface area contributed by atoms with Crippen molar-refractivity contribution in [3.8, 4) is 0 Å². The molecule has 0 aromatic heterocycles. The minimum absolute atomic E-state index is 0.0743. The average molecular weight is 426 g/mol. The zero-order valence-corrected chi connectivity index (χ0v) is 18.6. The third kappa shape index (κ3) is 3.67. The number of hydrogen-bond acceptors (Lipinski definition) is 5. The average Bonchev–Trinajstić information content (AvgIpc) is 3.25. The molecule has 29 heavy (non-hydrogen) atoms. The van der Waals surface area contributed by atoms with Gasteiger partial charge in [0, 0.05) is 24.4 Å². The maximum atomic E-state index is 13.4. The summed E-state index contributed by atoms with van der Waals surface area (Å²) in [6.07, 6.45) is 5.43. The number of unbranched alkanes of at least 4 members (excludes halogenated alkanes) is 2. The van der Waals surface area contributed by atoms with Crippen LogP contribution in [0.15, 0.2) is 0 Å². The van der Waals surface area contributed by atoms with Crippen LogP contribution in [0.2, 0.25) is 0 Å². The summed E-state index contributed by atoms with van der Waals surface area (Å²) in [5.41, 5.74) is 0. The number of aliphatic hydroxyl groups is 1. The van der Waals surface area contributed by atoms with Crippen molar-refractivity contribution >= 4 is 29.5 Å². The van der Waals surface area contributed by atoms with E-state index in [1.165, 1.54) is 4.90 Å². The van der Waals surface area contributed by atoms with E-state index in [1.807, 2.05) is 6.92 Å². The van der Waals surface area contributed by atoms with Crippen molar-refractivity contribution in [1.29, 1.82) is 0 Å². The van der Waals surface area contributed by atoms with Gasteiger partial charge in [0.1, 0.15) is 6.04 Å². The van der Waals surface area contributed by atoms with Crippen LogP contribution in [-0.4, -0.2) is 69.5 Å². The molecule has 3 heterocycles. The van der Waals surface area contributed by atoms with E-state index in [2.05, 4.69) is 24.5 Å². The van der Waals surface area contributed by atoms with Gasteiger partial charge in [0.15, 0.2) is 0 Å². The largest absolute Gasteiger partial charge is 0.395 e. The number of fused-ring (bicyclic) bond motifs is 1. The first kappa shape index (κ1) is 22.4. The Morgan fingerprint density at radius 3 is 2.52 bits per heavy atom. The zero-order valence-electron chi connectivity index (χ0n) is 17.8. The van der Waals surface area contributed by atoms with Crippen LogP contribution in [0.3, 0.4) is 0 Å². The molecule has 2 bridgehead atoms. The number of rotatable bonds is 10. The van der Waals surface area contributed by atoms with E-state index in [9.17, 15) is 19.5 Å². The highest BCUT2D eigenvalue weighted by Gasteiger charge is 2.76. The Bertz CT molecular complexity index is 660. The summed E-state index contributed by atoms with van der Waals surface area (Å²) in [5, 5.41) is 15.6. The van der Waals surface area contributed by atoms with Gasteiger partial charge in [0.2, 0.25) is 17.7 Å². The molecule has 3 saturated heterocycles. The first-order chi connectivity index (χ1) is 13.9. The predicted molar refractivity (Wildman–Crippen MR) is 113 cm³/mol. The van der Waals surface area contributed by atoms with Crippen LogP contribution in [-0.2, 0) is 14.4 Å². The summed E-state index contributed by atoms with van der Waals surface area (Å²) in [6.45, 7) is 7.30. The van der Waals surface area contributed by atoms with Crippen LogP contribution in [0.25, 0.3) is 0 Å². The summed E-state index contributed by atoms with van der Waals surface area (Å²) < 4.78 is -0.908. The fraction of sp³-hybridized carbons (Fsp3) is 0.857. The van der Waals surface area contributed by atoms with E-state index in [4.69, 9.17) is 0 Å². The third-order valence-corrected chi connectivity index (χ3v) is 8.76. The Hall–Kier alpha value is -1.28. The van der Waals surface area contributed by atoms with Crippen molar-refractivity contribution in [3.63, 3.8) is 0 Å². The number of carbonyl (C=O) groups is 3. The van der Waals surface area contributed by atoms with Gasteiger partial charge in [0.05, 0.1) is 23.2 Å². The lowest BCUT2D eigenvalue weighted by atomic mass is 9.66. The van der Waals surface area contributed by atoms with Gasteiger partial charge >= 0.3 is 0 Å². The molecule has 0 saturated carbocycles. The minimum atomic E-state index is -0.621. The molecule has 3 fully saturated rings. The summed E-state index contributed by atoms with van der Waals surface area (Å²) >= 11 is 1.67. The van der Waals surface area contributed by atoms with E-state index in [-0.39, 0.29) is 35.6 Å². The van der Waals surface area contributed by atoms with Crippen molar-refractivity contribution in [3.05, 3.63) is 0 Å². The van der Waals surface area contributed by atoms with E-state index in [1.54, 1.807) is 11.8 Å². The van der Waals surface area contributed by atoms with Gasteiger partial charge in [-0.1, -0.05) is 26.7 Å². The maximum Gasteiger partial charge on any atom is 0.244 e. The van der Waals surface area contributed by atoms with Crippen molar-refractivity contribution < 1.29 is 19.5 Å². The first-order valence-electron chi connectivity index (χ1n) is 11.0. The van der Waals surface area contributed by atoms with Crippen molar-refractivity contribution in [2.75, 3.05) is 26.2 Å². The highest BCUT2D eigenvalue weighted by molar-refractivity contribution is 8.02. The zero-order chi connectivity index (χ0) is 21.2. The Labute approximate surface area is 177 Å². The molecule has 5 atom stereocenters. The molecule has 0 aliphatic carbocycles. The molecule has 1 spiro atoms. The SMILES string of the molecule is CCCCCNC(=O)C1N(CCO)C(=O)[C@@H]2[C@H](C(=O)NCCC)[C@]3(C)CCC12S3. The van der Waals surface area contributed by atoms with Crippen LogP contribution in [0.1, 0.15) is 59.3 Å². The number of aliphatic hydroxyl groups excluding tert-OH is 1. The van der Waals surface area contributed by atoms with Crippen LogP contribution in [0.4, 0.5) is 0 Å². The Balaban J connectivity index is 1.89. The second kappa shape index (κ2) is 8.84. The van der Waals surface area contributed by atoms with Gasteiger partial charge < -0.3 is 20.6 Å². The van der Waals surface area contributed by atoms with E-state index < -0.39 is 22.6 Å². The van der Waals surface area contributed by atoms with Gasteiger partial charge in [0.25, 0.3) is 0 Å². The molecule has 2 unspecified atom stereocenters. The Morgan fingerprint density at radius 2 is 1.86 bits per heavy atom. The molecule has 0 aromatic rings. The lowest BCUT2D eigenvalue weighted by Gasteiger charge is -2.34. The molecule has 0 radical (unpaired) electrons. The molecule has 3 rings (SSSR count). The lowest BCUT2D eigenvalue weighted by Crippen LogP contribution is -2.54. The molecule has 3 aliphatic rings. The second-order valence-electron chi connectivity index (χ2n) is 8.77. The molecule has 3 aliphatic heterocycles. The summed E-state index contributed by atoms with van der Waals surface area (Å²) in [5.74, 6) is -1.30. The second-order valence-corrected chi connectivity index (χ2v) is 10.7. The fourth-order valence-electron chi connectivity index (χ4n) is 5.52. The predicted octanol–water partition coefficient (Wildman–Crippen LogP) is 1.29. The van der Waals surface area contributed by atoms with Gasteiger partial charge in [-0.25, -0.2) is 0 Å². The number of thioether (sulfide) groups is 1. The maximum absolute atomic E-state index is 13.4. The molecule has 3 amide bonds. The summed E-state index contributed by atoms with van der Waals surface area (Å²) in [4.78, 5) is 41.2. The normalized spacial score (nSPS) is 35.1. The number of amides is 3. The number of nitrogens with zero attached hydrogens (tertiary/aromatic N) is 1. The fourth-order valence-corrected chi connectivity index (χ4v) is 7.87. The number of nitrogens with one attached hydrogen (secondary N) is 2. The van der Waals surface area contributed by atoms with Crippen molar-refractivity contribution in [2.24, 2.45) is 11.8 Å². The van der Waals surface area contributed by atoms with Crippen molar-refractivity contribution in [2.45, 2.75) is 74.8 Å². The van der Waals surface area contributed by atoms with Gasteiger partial charge in [-0.3, -0.25) is 14.4 Å². The van der Waals surface area contributed by atoms with Crippen LogP contribution in [0, 0.1) is 11.8 Å². The van der Waals surface area contributed by atoms with E-state index >= 15 is 0 Å². The first-order valence-corrected chi connectivity index (χ1v) is 11.8. The van der Waals surface area contributed by atoms with Gasteiger partial charge in [-0.2, -0.15) is 0 Å². The number of carbonyl (C=O) groups excluding carboxylic acids is 3. The van der Waals surface area contributed by atoms with E-state index in [0.717, 1.165) is 38.5 Å². The lowest BCUT2D eigenvalue weighted by molar-refractivity contribution is -0.141. The van der Waals surface area contributed by atoms with Crippen LogP contribution in [0.5, 0.6) is 0 Å². The Kier molecular flexibility index (Phi) is 6.83. The summed E-state index contributed by atoms with van der Waals surface area (Å²) in [7, 11) is 0. The minimum Gasteiger partial charge on any atom is -0.395 e. The Morgan fingerprint density at radius 1 is 1.14 bits per heavy atom. The number of β-amino-alcohol motifs (C(OH)–C–C–N with tert-alkyl or cyclic N) is 1. The molecule has 3 N–H and O–H groups in total.